The van der Waals surface area contributed by atoms with Crippen molar-refractivity contribution in [3.8, 4) is 5.75 Å². The Morgan fingerprint density at radius 1 is 1.18 bits per heavy atom. The molecule has 0 unspecified atom stereocenters. The van der Waals surface area contributed by atoms with Gasteiger partial charge in [0.15, 0.2) is 6.61 Å². The predicted octanol–water partition coefficient (Wildman–Crippen LogP) is 3.51. The van der Waals surface area contributed by atoms with Crippen LogP contribution in [0.5, 0.6) is 5.75 Å². The van der Waals surface area contributed by atoms with Crippen molar-refractivity contribution in [3.05, 3.63) is 29.3 Å². The Kier molecular flexibility index (Phi) is 9.15. The molecule has 0 spiro atoms. The molecule has 0 aliphatic heterocycles. The van der Waals surface area contributed by atoms with Crippen molar-refractivity contribution in [2.24, 2.45) is 17.8 Å². The lowest BCUT2D eigenvalue weighted by atomic mass is 9.73. The summed E-state index contributed by atoms with van der Waals surface area (Å²) in [6, 6.07) is 5.79. The molecule has 1 aromatic carbocycles. The average molecular weight is 463 g/mol. The van der Waals surface area contributed by atoms with E-state index in [2.05, 4.69) is 13.0 Å². The Hall–Kier alpha value is -2.12. The summed E-state index contributed by atoms with van der Waals surface area (Å²) in [6.07, 6.45) is 5.92. The molecule has 0 bridgehead atoms. The van der Waals surface area contributed by atoms with Gasteiger partial charge in [-0.25, -0.2) is 9.59 Å². The van der Waals surface area contributed by atoms with Crippen LogP contribution in [0.1, 0.15) is 69.9 Å². The van der Waals surface area contributed by atoms with Gasteiger partial charge >= 0.3 is 11.9 Å². The van der Waals surface area contributed by atoms with Crippen molar-refractivity contribution in [2.45, 2.75) is 89.9 Å². The molecule has 6 atom stereocenters. The standard InChI is InChI=1S/C26H38O7/c1-3-4-5-8-19(33-26(31)16(2)27)10-11-20-21-12-17-7-6-9-24(32-15-25(29)30)22(17)13-18(21)14-23(20)28/h6-7,9,16,18-21,23,27-28H,3-5,8,10-15H2,1-2H3,(H,29,30)/t16-,18+,19+,20-,21+,23-/m1/s1. The topological polar surface area (TPSA) is 113 Å². The Morgan fingerprint density at radius 3 is 2.67 bits per heavy atom. The van der Waals surface area contributed by atoms with E-state index in [-0.39, 0.29) is 18.6 Å². The second-order valence-corrected chi connectivity index (χ2v) is 9.68. The fraction of sp³-hybridized carbons (Fsp3) is 0.692. The first-order chi connectivity index (χ1) is 15.8. The van der Waals surface area contributed by atoms with Crippen LogP contribution in [0.25, 0.3) is 0 Å². The van der Waals surface area contributed by atoms with Gasteiger partial charge in [-0.05, 0) is 86.8 Å². The van der Waals surface area contributed by atoms with Crippen LogP contribution in [0.3, 0.4) is 0 Å². The molecule has 184 valence electrons. The van der Waals surface area contributed by atoms with E-state index in [1.807, 2.05) is 12.1 Å². The fourth-order valence-corrected chi connectivity index (χ4v) is 5.60. The number of rotatable bonds is 12. The number of ether oxygens (including phenoxy) is 2. The molecule has 0 amide bonds. The number of fused-ring (bicyclic) bond motifs is 2. The highest BCUT2D eigenvalue weighted by Crippen LogP contribution is 2.48. The van der Waals surface area contributed by atoms with E-state index in [0.29, 0.717) is 24.0 Å². The molecule has 3 N–H and O–H groups in total. The highest BCUT2D eigenvalue weighted by Gasteiger charge is 2.45. The molecule has 7 nitrogen and oxygen atoms in total. The Morgan fingerprint density at radius 2 is 1.97 bits per heavy atom. The maximum absolute atomic E-state index is 12.0. The van der Waals surface area contributed by atoms with E-state index in [1.54, 1.807) is 0 Å². The van der Waals surface area contributed by atoms with E-state index in [4.69, 9.17) is 14.6 Å². The number of carbonyl (C=O) groups excluding carboxylic acids is 1. The van der Waals surface area contributed by atoms with Gasteiger partial charge in [-0.2, -0.15) is 0 Å². The molecular weight excluding hydrogens is 424 g/mol. The largest absolute Gasteiger partial charge is 0.482 e. The molecule has 1 aromatic rings. The highest BCUT2D eigenvalue weighted by atomic mass is 16.6. The number of aliphatic hydroxyl groups is 2. The van der Waals surface area contributed by atoms with Crippen LogP contribution in [0.15, 0.2) is 18.2 Å². The number of aliphatic carboxylic acids is 1. The highest BCUT2D eigenvalue weighted by molar-refractivity contribution is 5.74. The van der Waals surface area contributed by atoms with E-state index in [1.165, 1.54) is 12.5 Å². The van der Waals surface area contributed by atoms with Crippen LogP contribution in [-0.4, -0.2) is 52.2 Å². The van der Waals surface area contributed by atoms with Gasteiger partial charge in [-0.1, -0.05) is 31.9 Å². The van der Waals surface area contributed by atoms with Gasteiger partial charge in [0.25, 0.3) is 0 Å². The first-order valence-electron chi connectivity index (χ1n) is 12.3. The van der Waals surface area contributed by atoms with E-state index in [0.717, 1.165) is 56.9 Å². The smallest absolute Gasteiger partial charge is 0.341 e. The molecular formula is C26H38O7. The number of benzene rings is 1. The third-order valence-electron chi connectivity index (χ3n) is 7.27. The van der Waals surface area contributed by atoms with Crippen molar-refractivity contribution in [1.82, 2.24) is 0 Å². The number of unbranched alkanes of at least 4 members (excludes halogenated alkanes) is 2. The molecule has 7 heteroatoms. The van der Waals surface area contributed by atoms with Crippen molar-refractivity contribution < 1.29 is 34.4 Å². The van der Waals surface area contributed by atoms with Crippen molar-refractivity contribution in [2.75, 3.05) is 6.61 Å². The summed E-state index contributed by atoms with van der Waals surface area (Å²) in [6.45, 7) is 3.19. The van der Waals surface area contributed by atoms with Crippen LogP contribution in [-0.2, 0) is 27.2 Å². The lowest BCUT2D eigenvalue weighted by Gasteiger charge is -2.32. The number of carboxylic acid groups (broad SMARTS) is 1. The van der Waals surface area contributed by atoms with Gasteiger partial charge in [0.05, 0.1) is 6.10 Å². The summed E-state index contributed by atoms with van der Waals surface area (Å²) < 4.78 is 11.1. The van der Waals surface area contributed by atoms with Crippen LogP contribution in [0.2, 0.25) is 0 Å². The minimum absolute atomic E-state index is 0.130. The van der Waals surface area contributed by atoms with Crippen LogP contribution in [0, 0.1) is 17.8 Å². The fourth-order valence-electron chi connectivity index (χ4n) is 5.60. The number of hydrogen-bond donors (Lipinski definition) is 3. The first kappa shape index (κ1) is 25.5. The summed E-state index contributed by atoms with van der Waals surface area (Å²) >= 11 is 0. The lowest BCUT2D eigenvalue weighted by Crippen LogP contribution is -2.30. The van der Waals surface area contributed by atoms with Gasteiger partial charge in [0.1, 0.15) is 18.0 Å². The average Bonchev–Trinajstić information content (AvgIpc) is 3.08. The monoisotopic (exact) mass is 462 g/mol. The zero-order chi connectivity index (χ0) is 24.0. The molecule has 33 heavy (non-hydrogen) atoms. The SMILES string of the molecule is CCCCC[C@@H](CC[C@@H]1[C@H]2Cc3cccc(OCC(=O)O)c3C[C@H]2C[C@H]1O)OC(=O)[C@@H](C)O. The molecule has 1 saturated carbocycles. The first-order valence-corrected chi connectivity index (χ1v) is 12.3. The van der Waals surface area contributed by atoms with Gasteiger partial charge < -0.3 is 24.8 Å². The number of aliphatic hydroxyl groups excluding tert-OH is 2. The third kappa shape index (κ3) is 6.70. The quantitative estimate of drug-likeness (QED) is 0.322. The molecule has 0 aromatic heterocycles. The van der Waals surface area contributed by atoms with E-state index < -0.39 is 24.1 Å². The summed E-state index contributed by atoms with van der Waals surface area (Å²) in [7, 11) is 0. The van der Waals surface area contributed by atoms with Crippen molar-refractivity contribution >= 4 is 11.9 Å². The van der Waals surface area contributed by atoms with Crippen molar-refractivity contribution in [3.63, 3.8) is 0 Å². The lowest BCUT2D eigenvalue weighted by molar-refractivity contribution is -0.159. The molecule has 2 aliphatic carbocycles. The second-order valence-electron chi connectivity index (χ2n) is 9.68. The molecule has 0 saturated heterocycles. The van der Waals surface area contributed by atoms with Crippen LogP contribution < -0.4 is 4.74 Å². The second kappa shape index (κ2) is 11.8. The molecule has 1 fully saturated rings. The van der Waals surface area contributed by atoms with Gasteiger partial charge in [-0.3, -0.25) is 0 Å². The number of hydrogen-bond acceptors (Lipinski definition) is 6. The Balaban J connectivity index is 1.66. The molecule has 2 aliphatic rings. The minimum atomic E-state index is -1.13. The van der Waals surface area contributed by atoms with E-state index >= 15 is 0 Å². The van der Waals surface area contributed by atoms with E-state index in [9.17, 15) is 19.8 Å². The summed E-state index contributed by atoms with van der Waals surface area (Å²) in [5, 5.41) is 29.4. The number of carbonyl (C=O) groups is 2. The summed E-state index contributed by atoms with van der Waals surface area (Å²) in [5.41, 5.74) is 2.23. The maximum atomic E-state index is 12.0. The van der Waals surface area contributed by atoms with Gasteiger partial charge in [0.2, 0.25) is 0 Å². The zero-order valence-electron chi connectivity index (χ0n) is 19.7. The normalized spacial score (nSPS) is 25.6. The predicted molar refractivity (Wildman–Crippen MR) is 123 cm³/mol. The number of carboxylic acids is 1. The number of esters is 1. The Bertz CT molecular complexity index is 806. The summed E-state index contributed by atoms with van der Waals surface area (Å²) in [5.74, 6) is -0.154. The van der Waals surface area contributed by atoms with Crippen molar-refractivity contribution in [1.29, 1.82) is 0 Å². The van der Waals surface area contributed by atoms with Gasteiger partial charge in [0, 0.05) is 0 Å². The van der Waals surface area contributed by atoms with Crippen LogP contribution in [0.4, 0.5) is 0 Å². The Labute approximate surface area is 196 Å². The zero-order valence-corrected chi connectivity index (χ0v) is 19.7. The molecule has 3 rings (SSSR count). The molecule has 0 radical (unpaired) electrons. The van der Waals surface area contributed by atoms with Gasteiger partial charge in [-0.15, -0.1) is 0 Å². The maximum Gasteiger partial charge on any atom is 0.341 e. The molecule has 0 heterocycles. The third-order valence-corrected chi connectivity index (χ3v) is 7.27. The van der Waals surface area contributed by atoms with Crippen LogP contribution >= 0.6 is 0 Å². The minimum Gasteiger partial charge on any atom is -0.482 e. The summed E-state index contributed by atoms with van der Waals surface area (Å²) in [4.78, 5) is 22.9.